The molecule has 3 N–H and O–H groups in total. The van der Waals surface area contributed by atoms with Crippen molar-refractivity contribution >= 4 is 11.8 Å². The van der Waals surface area contributed by atoms with Crippen molar-refractivity contribution in [2.75, 3.05) is 33.9 Å². The maximum absolute atomic E-state index is 12.0. The molecule has 0 radical (unpaired) electrons. The topological polar surface area (TPSA) is 88.7 Å². The van der Waals surface area contributed by atoms with Gasteiger partial charge >= 0.3 is 0 Å². The molecular weight excluding hydrogens is 298 g/mol. The lowest BCUT2D eigenvalue weighted by Crippen LogP contribution is -2.34. The van der Waals surface area contributed by atoms with Crippen LogP contribution in [0.1, 0.15) is 24.2 Å². The predicted octanol–water partition coefficient (Wildman–Crippen LogP) is 0.548. The summed E-state index contributed by atoms with van der Waals surface area (Å²) in [6, 6.07) is 4.89. The minimum absolute atomic E-state index is 0.0525. The summed E-state index contributed by atoms with van der Waals surface area (Å²) in [5, 5.41) is 8.46. The minimum Gasteiger partial charge on any atom is -0.493 e. The van der Waals surface area contributed by atoms with E-state index in [2.05, 4.69) is 16.0 Å². The molecule has 0 aliphatic heterocycles. The SMILES string of the molecule is CNCCNC(=O)c1ccc(OCC(=O)NC(C)C)c(OC)c1. The monoisotopic (exact) mass is 323 g/mol. The Morgan fingerprint density at radius 3 is 2.52 bits per heavy atom. The molecule has 1 aromatic carbocycles. The van der Waals surface area contributed by atoms with E-state index in [-0.39, 0.29) is 24.5 Å². The molecule has 0 saturated carbocycles. The number of nitrogens with one attached hydrogen (secondary N) is 3. The van der Waals surface area contributed by atoms with Crippen LogP contribution in [0.3, 0.4) is 0 Å². The zero-order chi connectivity index (χ0) is 17.2. The van der Waals surface area contributed by atoms with Crippen LogP contribution in [0.2, 0.25) is 0 Å². The van der Waals surface area contributed by atoms with Crippen molar-refractivity contribution in [3.05, 3.63) is 23.8 Å². The number of carbonyl (C=O) groups is 2. The van der Waals surface area contributed by atoms with Crippen molar-refractivity contribution in [1.29, 1.82) is 0 Å². The van der Waals surface area contributed by atoms with Crippen LogP contribution in [0.25, 0.3) is 0 Å². The van der Waals surface area contributed by atoms with Crippen LogP contribution in [-0.2, 0) is 4.79 Å². The molecule has 0 saturated heterocycles. The zero-order valence-electron chi connectivity index (χ0n) is 14.1. The van der Waals surface area contributed by atoms with Gasteiger partial charge in [-0.3, -0.25) is 9.59 Å². The minimum atomic E-state index is -0.212. The summed E-state index contributed by atoms with van der Waals surface area (Å²) < 4.78 is 10.7. The number of hydrogen-bond acceptors (Lipinski definition) is 5. The van der Waals surface area contributed by atoms with Crippen LogP contribution >= 0.6 is 0 Å². The Hall–Kier alpha value is -2.28. The number of rotatable bonds is 9. The first-order valence-corrected chi connectivity index (χ1v) is 7.51. The standard InChI is InChI=1S/C16H25N3O4/c1-11(2)19-15(20)10-23-13-6-5-12(9-14(13)22-4)16(21)18-8-7-17-3/h5-6,9,11,17H,7-8,10H2,1-4H3,(H,18,21)(H,19,20). The van der Waals surface area contributed by atoms with Gasteiger partial charge in [0, 0.05) is 24.7 Å². The van der Waals surface area contributed by atoms with E-state index >= 15 is 0 Å². The summed E-state index contributed by atoms with van der Waals surface area (Å²) in [6.07, 6.45) is 0. The van der Waals surface area contributed by atoms with E-state index in [1.54, 1.807) is 18.2 Å². The van der Waals surface area contributed by atoms with Crippen molar-refractivity contribution in [1.82, 2.24) is 16.0 Å². The van der Waals surface area contributed by atoms with Gasteiger partial charge in [-0.1, -0.05) is 0 Å². The van der Waals surface area contributed by atoms with Gasteiger partial charge < -0.3 is 25.4 Å². The summed E-state index contributed by atoms with van der Waals surface area (Å²) in [5.41, 5.74) is 0.469. The summed E-state index contributed by atoms with van der Waals surface area (Å²) >= 11 is 0. The lowest BCUT2D eigenvalue weighted by atomic mass is 10.2. The van der Waals surface area contributed by atoms with Gasteiger partial charge in [0.2, 0.25) is 0 Å². The fourth-order valence-electron chi connectivity index (χ4n) is 1.84. The van der Waals surface area contributed by atoms with Gasteiger partial charge in [-0.25, -0.2) is 0 Å². The van der Waals surface area contributed by atoms with Gasteiger partial charge in [-0.05, 0) is 39.1 Å². The van der Waals surface area contributed by atoms with Crippen molar-refractivity contribution in [3.8, 4) is 11.5 Å². The Bertz CT molecular complexity index is 532. The quantitative estimate of drug-likeness (QED) is 0.578. The molecule has 7 nitrogen and oxygen atoms in total. The van der Waals surface area contributed by atoms with Gasteiger partial charge in [-0.2, -0.15) is 0 Å². The Balaban J connectivity index is 2.68. The van der Waals surface area contributed by atoms with Crippen LogP contribution < -0.4 is 25.4 Å². The molecule has 1 aromatic rings. The molecule has 0 bridgehead atoms. The zero-order valence-corrected chi connectivity index (χ0v) is 14.1. The normalized spacial score (nSPS) is 10.3. The van der Waals surface area contributed by atoms with Crippen LogP contribution in [0.5, 0.6) is 11.5 Å². The molecule has 0 aliphatic rings. The maximum Gasteiger partial charge on any atom is 0.258 e. The maximum atomic E-state index is 12.0. The van der Waals surface area contributed by atoms with Crippen LogP contribution in [0.15, 0.2) is 18.2 Å². The highest BCUT2D eigenvalue weighted by Crippen LogP contribution is 2.28. The van der Waals surface area contributed by atoms with E-state index in [1.807, 2.05) is 20.9 Å². The number of hydrogen-bond donors (Lipinski definition) is 3. The van der Waals surface area contributed by atoms with E-state index in [1.165, 1.54) is 7.11 Å². The highest BCUT2D eigenvalue weighted by molar-refractivity contribution is 5.94. The largest absolute Gasteiger partial charge is 0.493 e. The van der Waals surface area contributed by atoms with Crippen LogP contribution in [0.4, 0.5) is 0 Å². The van der Waals surface area contributed by atoms with E-state index in [4.69, 9.17) is 9.47 Å². The van der Waals surface area contributed by atoms with Crippen molar-refractivity contribution in [3.63, 3.8) is 0 Å². The average Bonchev–Trinajstić information content (AvgIpc) is 2.52. The predicted molar refractivity (Wildman–Crippen MR) is 88.0 cm³/mol. The Labute approximate surface area is 136 Å². The molecule has 1 rings (SSSR count). The Morgan fingerprint density at radius 2 is 1.91 bits per heavy atom. The van der Waals surface area contributed by atoms with E-state index in [0.717, 1.165) is 0 Å². The molecule has 7 heteroatoms. The molecule has 0 heterocycles. The average molecular weight is 323 g/mol. The number of benzene rings is 1. The van der Waals surface area contributed by atoms with Gasteiger partial charge in [0.25, 0.3) is 11.8 Å². The molecule has 128 valence electrons. The van der Waals surface area contributed by atoms with Gasteiger partial charge in [0.1, 0.15) is 0 Å². The first-order chi connectivity index (χ1) is 11.0. The third-order valence-corrected chi connectivity index (χ3v) is 2.89. The number of amides is 2. The molecule has 0 atom stereocenters. The molecule has 0 aromatic heterocycles. The van der Waals surface area contributed by atoms with Gasteiger partial charge in [0.05, 0.1) is 7.11 Å². The van der Waals surface area contributed by atoms with Gasteiger partial charge in [0.15, 0.2) is 18.1 Å². The number of carbonyl (C=O) groups excluding carboxylic acids is 2. The van der Waals surface area contributed by atoms with E-state index < -0.39 is 0 Å². The van der Waals surface area contributed by atoms with Crippen LogP contribution in [0, 0.1) is 0 Å². The lowest BCUT2D eigenvalue weighted by Gasteiger charge is -2.13. The van der Waals surface area contributed by atoms with Crippen molar-refractivity contribution in [2.45, 2.75) is 19.9 Å². The fraction of sp³-hybridized carbons (Fsp3) is 0.500. The lowest BCUT2D eigenvalue weighted by molar-refractivity contribution is -0.123. The van der Waals surface area contributed by atoms with Crippen molar-refractivity contribution in [2.24, 2.45) is 0 Å². The number of methoxy groups -OCH3 is 1. The highest BCUT2D eigenvalue weighted by Gasteiger charge is 2.12. The van der Waals surface area contributed by atoms with E-state index in [0.29, 0.717) is 30.2 Å². The fourth-order valence-corrected chi connectivity index (χ4v) is 1.84. The molecular formula is C16H25N3O4. The third-order valence-electron chi connectivity index (χ3n) is 2.89. The number of likely N-dealkylation sites (N-methyl/N-ethyl adjacent to an activating group) is 1. The summed E-state index contributed by atoms with van der Waals surface area (Å²) in [5.74, 6) is 0.417. The molecule has 0 aliphatic carbocycles. The second-order valence-electron chi connectivity index (χ2n) is 5.24. The second-order valence-corrected chi connectivity index (χ2v) is 5.24. The summed E-state index contributed by atoms with van der Waals surface area (Å²) in [4.78, 5) is 23.6. The Kier molecular flexibility index (Phi) is 7.90. The second kappa shape index (κ2) is 9.68. The van der Waals surface area contributed by atoms with Crippen LogP contribution in [-0.4, -0.2) is 51.7 Å². The molecule has 23 heavy (non-hydrogen) atoms. The summed E-state index contributed by atoms with van der Waals surface area (Å²) in [6.45, 7) is 4.86. The number of ether oxygens (including phenoxy) is 2. The Morgan fingerprint density at radius 1 is 1.17 bits per heavy atom. The first-order valence-electron chi connectivity index (χ1n) is 7.51. The smallest absolute Gasteiger partial charge is 0.258 e. The van der Waals surface area contributed by atoms with E-state index in [9.17, 15) is 9.59 Å². The first kappa shape index (κ1) is 18.8. The van der Waals surface area contributed by atoms with Crippen molar-refractivity contribution < 1.29 is 19.1 Å². The molecule has 2 amide bonds. The van der Waals surface area contributed by atoms with Gasteiger partial charge in [-0.15, -0.1) is 0 Å². The molecule has 0 spiro atoms. The third kappa shape index (κ3) is 6.56. The summed E-state index contributed by atoms with van der Waals surface area (Å²) in [7, 11) is 3.30. The molecule has 0 unspecified atom stereocenters. The highest BCUT2D eigenvalue weighted by atomic mass is 16.5. The molecule has 0 fully saturated rings.